The number of terminal acetylenes is 1. The molecule has 0 bridgehead atoms. The van der Waals surface area contributed by atoms with Crippen molar-refractivity contribution in [3.05, 3.63) is 35.4 Å². The summed E-state index contributed by atoms with van der Waals surface area (Å²) in [6.07, 6.45) is 5.61. The molecule has 0 aromatic heterocycles. The highest BCUT2D eigenvalue weighted by Crippen LogP contribution is 2.11. The molecule has 0 radical (unpaired) electrons. The Morgan fingerprint density at radius 1 is 1.50 bits per heavy atom. The zero-order valence-corrected chi connectivity index (χ0v) is 9.36. The van der Waals surface area contributed by atoms with E-state index in [2.05, 4.69) is 11.2 Å². The maximum absolute atomic E-state index is 11.6. The van der Waals surface area contributed by atoms with Crippen LogP contribution in [-0.4, -0.2) is 12.5 Å². The summed E-state index contributed by atoms with van der Waals surface area (Å²) in [5.74, 6) is 2.26. The number of hydrogen-bond acceptors (Lipinski definition) is 2. The van der Waals surface area contributed by atoms with E-state index in [1.165, 1.54) is 0 Å². The average Bonchev–Trinajstić information content (AvgIpc) is 2.29. The van der Waals surface area contributed by atoms with Crippen molar-refractivity contribution in [3.63, 3.8) is 0 Å². The maximum Gasteiger partial charge on any atom is 0.241 e. The van der Waals surface area contributed by atoms with Crippen LogP contribution in [0.4, 0.5) is 0 Å². The zero-order chi connectivity index (χ0) is 12.0. The van der Waals surface area contributed by atoms with Crippen LogP contribution in [0.25, 0.3) is 0 Å². The first-order valence-corrected chi connectivity index (χ1v) is 5.18. The Morgan fingerprint density at radius 2 is 2.12 bits per heavy atom. The van der Waals surface area contributed by atoms with Gasteiger partial charge in [-0.25, -0.2) is 0 Å². The first-order valence-electron chi connectivity index (χ1n) is 5.18. The summed E-state index contributed by atoms with van der Waals surface area (Å²) in [6.45, 7) is 2.46. The highest BCUT2D eigenvalue weighted by molar-refractivity contribution is 5.82. The van der Waals surface area contributed by atoms with Gasteiger partial charge in [-0.1, -0.05) is 29.8 Å². The van der Waals surface area contributed by atoms with Crippen molar-refractivity contribution in [2.45, 2.75) is 19.4 Å². The molecule has 1 aromatic rings. The minimum Gasteiger partial charge on any atom is -0.353 e. The standard InChI is InChI=1S/C13H16N2O/c1-3-4-9-15-13(16)12(14)11-7-5-10(2)6-8-11/h1,5-8,12H,4,9,14H2,2H3,(H,15,16). The second-order valence-electron chi connectivity index (χ2n) is 3.63. The molecule has 1 amide bonds. The number of rotatable bonds is 4. The van der Waals surface area contributed by atoms with E-state index in [0.717, 1.165) is 11.1 Å². The molecule has 0 aliphatic carbocycles. The third-order valence-corrected chi connectivity index (χ3v) is 2.29. The minimum absolute atomic E-state index is 0.195. The lowest BCUT2D eigenvalue weighted by Crippen LogP contribution is -2.34. The molecule has 0 aliphatic rings. The lowest BCUT2D eigenvalue weighted by Gasteiger charge is -2.12. The second kappa shape index (κ2) is 5.94. The summed E-state index contributed by atoms with van der Waals surface area (Å²) in [5.41, 5.74) is 7.76. The van der Waals surface area contributed by atoms with E-state index in [1.54, 1.807) is 0 Å². The molecular weight excluding hydrogens is 200 g/mol. The van der Waals surface area contributed by atoms with Crippen molar-refractivity contribution < 1.29 is 4.79 Å². The lowest BCUT2D eigenvalue weighted by molar-refractivity contribution is -0.122. The Hall–Kier alpha value is -1.79. The van der Waals surface area contributed by atoms with Gasteiger partial charge in [-0.15, -0.1) is 12.3 Å². The Balaban J connectivity index is 2.57. The predicted octanol–water partition coefficient (Wildman–Crippen LogP) is 1.13. The summed E-state index contributed by atoms with van der Waals surface area (Å²) < 4.78 is 0. The fourth-order valence-electron chi connectivity index (χ4n) is 1.29. The third kappa shape index (κ3) is 3.41. The topological polar surface area (TPSA) is 55.1 Å². The van der Waals surface area contributed by atoms with Crippen LogP contribution in [0.3, 0.4) is 0 Å². The lowest BCUT2D eigenvalue weighted by atomic mass is 10.1. The van der Waals surface area contributed by atoms with Crippen LogP contribution in [0.2, 0.25) is 0 Å². The smallest absolute Gasteiger partial charge is 0.241 e. The quantitative estimate of drug-likeness (QED) is 0.585. The maximum atomic E-state index is 11.6. The molecule has 0 heterocycles. The predicted molar refractivity (Wildman–Crippen MR) is 64.6 cm³/mol. The second-order valence-corrected chi connectivity index (χ2v) is 3.63. The Labute approximate surface area is 96.0 Å². The van der Waals surface area contributed by atoms with Crippen molar-refractivity contribution in [2.75, 3.05) is 6.54 Å². The van der Waals surface area contributed by atoms with E-state index in [0.29, 0.717) is 13.0 Å². The van der Waals surface area contributed by atoms with Gasteiger partial charge < -0.3 is 11.1 Å². The molecule has 84 valence electrons. The molecule has 0 saturated heterocycles. The highest BCUT2D eigenvalue weighted by Gasteiger charge is 2.14. The van der Waals surface area contributed by atoms with E-state index < -0.39 is 6.04 Å². The average molecular weight is 216 g/mol. The van der Waals surface area contributed by atoms with Crippen molar-refractivity contribution in [3.8, 4) is 12.3 Å². The van der Waals surface area contributed by atoms with E-state index in [9.17, 15) is 4.79 Å². The molecule has 16 heavy (non-hydrogen) atoms. The molecule has 3 N–H and O–H groups in total. The number of aryl methyl sites for hydroxylation is 1. The van der Waals surface area contributed by atoms with Gasteiger partial charge in [0.05, 0.1) is 0 Å². The molecule has 1 aromatic carbocycles. The largest absolute Gasteiger partial charge is 0.353 e. The summed E-state index contributed by atoms with van der Waals surface area (Å²) >= 11 is 0. The van der Waals surface area contributed by atoms with Gasteiger partial charge in [0.2, 0.25) is 5.91 Å². The van der Waals surface area contributed by atoms with Crippen LogP contribution in [-0.2, 0) is 4.79 Å². The van der Waals surface area contributed by atoms with E-state index in [1.807, 2.05) is 31.2 Å². The van der Waals surface area contributed by atoms with Gasteiger partial charge in [0, 0.05) is 13.0 Å². The minimum atomic E-state index is -0.627. The summed E-state index contributed by atoms with van der Waals surface area (Å²) in [4.78, 5) is 11.6. The Morgan fingerprint density at radius 3 is 2.69 bits per heavy atom. The molecule has 3 nitrogen and oxygen atoms in total. The van der Waals surface area contributed by atoms with Gasteiger partial charge in [0.15, 0.2) is 0 Å². The summed E-state index contributed by atoms with van der Waals surface area (Å²) in [6, 6.07) is 6.97. The van der Waals surface area contributed by atoms with Crippen LogP contribution < -0.4 is 11.1 Å². The molecule has 0 fully saturated rings. The van der Waals surface area contributed by atoms with Crippen molar-refractivity contribution in [1.29, 1.82) is 0 Å². The van der Waals surface area contributed by atoms with Crippen LogP contribution in [0, 0.1) is 19.3 Å². The Kier molecular flexibility index (Phi) is 4.56. The fraction of sp³-hybridized carbons (Fsp3) is 0.308. The molecule has 1 unspecified atom stereocenters. The van der Waals surface area contributed by atoms with Crippen LogP contribution in [0.5, 0.6) is 0 Å². The third-order valence-electron chi connectivity index (χ3n) is 2.29. The van der Waals surface area contributed by atoms with E-state index in [4.69, 9.17) is 12.2 Å². The first-order chi connectivity index (χ1) is 7.65. The van der Waals surface area contributed by atoms with Gasteiger partial charge in [-0.3, -0.25) is 4.79 Å². The van der Waals surface area contributed by atoms with Crippen LogP contribution >= 0.6 is 0 Å². The van der Waals surface area contributed by atoms with Gasteiger partial charge >= 0.3 is 0 Å². The molecule has 0 aliphatic heterocycles. The number of nitrogens with two attached hydrogens (primary N) is 1. The van der Waals surface area contributed by atoms with Gasteiger partial charge in [0.25, 0.3) is 0 Å². The summed E-state index contributed by atoms with van der Waals surface area (Å²) in [5, 5.41) is 2.69. The highest BCUT2D eigenvalue weighted by atomic mass is 16.2. The normalized spacial score (nSPS) is 11.6. The number of carbonyl (C=O) groups excluding carboxylic acids is 1. The number of amides is 1. The molecule has 0 saturated carbocycles. The SMILES string of the molecule is C#CCCNC(=O)C(N)c1ccc(C)cc1. The molecule has 0 spiro atoms. The van der Waals surface area contributed by atoms with E-state index in [-0.39, 0.29) is 5.91 Å². The fourth-order valence-corrected chi connectivity index (χ4v) is 1.29. The summed E-state index contributed by atoms with van der Waals surface area (Å²) in [7, 11) is 0. The Bertz CT molecular complexity index is 389. The van der Waals surface area contributed by atoms with Gasteiger partial charge in [-0.2, -0.15) is 0 Å². The van der Waals surface area contributed by atoms with Crippen LogP contribution in [0.1, 0.15) is 23.6 Å². The monoisotopic (exact) mass is 216 g/mol. The molecule has 3 heteroatoms. The van der Waals surface area contributed by atoms with Crippen molar-refractivity contribution in [2.24, 2.45) is 5.73 Å². The van der Waals surface area contributed by atoms with Crippen LogP contribution in [0.15, 0.2) is 24.3 Å². The number of nitrogens with one attached hydrogen (secondary N) is 1. The molecule has 1 atom stereocenters. The first kappa shape index (κ1) is 12.3. The van der Waals surface area contributed by atoms with Crippen molar-refractivity contribution >= 4 is 5.91 Å². The van der Waals surface area contributed by atoms with Gasteiger partial charge in [0.1, 0.15) is 6.04 Å². The zero-order valence-electron chi connectivity index (χ0n) is 9.36. The van der Waals surface area contributed by atoms with E-state index >= 15 is 0 Å². The number of benzene rings is 1. The molecular formula is C13H16N2O. The molecule has 1 rings (SSSR count). The van der Waals surface area contributed by atoms with Crippen molar-refractivity contribution in [1.82, 2.24) is 5.32 Å². The van der Waals surface area contributed by atoms with Gasteiger partial charge in [-0.05, 0) is 12.5 Å². The number of hydrogen-bond donors (Lipinski definition) is 2. The number of carbonyl (C=O) groups is 1.